The Kier molecular flexibility index (Phi) is 5.21. The molecule has 0 spiro atoms. The summed E-state index contributed by atoms with van der Waals surface area (Å²) in [4.78, 5) is 38.1. The molecule has 3 aliphatic rings. The number of rotatable bonds is 6. The highest BCUT2D eigenvalue weighted by atomic mass is 35.5. The lowest BCUT2D eigenvalue weighted by atomic mass is 9.87. The Morgan fingerprint density at radius 3 is 2.80 bits per heavy atom. The summed E-state index contributed by atoms with van der Waals surface area (Å²) in [7, 11) is 4.00. The van der Waals surface area contributed by atoms with E-state index in [2.05, 4.69) is 9.80 Å². The number of carbonyl (C=O) groups excluding carboxylic acids is 2. The molecule has 0 unspecified atom stereocenters. The number of fused-ring (bicyclic) bond motifs is 3. The maximum absolute atomic E-state index is 13.4. The molecule has 7 nitrogen and oxygen atoms in total. The topological polar surface area (TPSA) is 69.9 Å². The molecule has 0 radical (unpaired) electrons. The number of aromatic nitrogens is 1. The average Bonchev–Trinajstić information content (AvgIpc) is 3.47. The van der Waals surface area contributed by atoms with Crippen LogP contribution in [0.2, 0.25) is 4.34 Å². The smallest absolute Gasteiger partial charge is 0.236 e. The summed E-state index contributed by atoms with van der Waals surface area (Å²) in [6, 6.07) is 3.62. The first-order chi connectivity index (χ1) is 14.5. The molecule has 0 aliphatic carbocycles. The highest BCUT2D eigenvalue weighted by molar-refractivity contribution is 7.19. The largest absolute Gasteiger partial charge is 0.443 e. The van der Waals surface area contributed by atoms with E-state index < -0.39 is 0 Å². The highest BCUT2D eigenvalue weighted by Crippen LogP contribution is 2.53. The van der Waals surface area contributed by atoms with Gasteiger partial charge in [0.2, 0.25) is 17.7 Å². The number of carbonyl (C=O) groups is 2. The van der Waals surface area contributed by atoms with Crippen LogP contribution >= 0.6 is 22.9 Å². The van der Waals surface area contributed by atoms with Gasteiger partial charge in [-0.25, -0.2) is 4.98 Å². The van der Waals surface area contributed by atoms with Crippen LogP contribution in [0.3, 0.4) is 0 Å². The van der Waals surface area contributed by atoms with Gasteiger partial charge in [0.15, 0.2) is 0 Å². The molecule has 0 aromatic carbocycles. The first-order valence-corrected chi connectivity index (χ1v) is 11.6. The molecule has 3 aliphatic heterocycles. The van der Waals surface area contributed by atoms with Gasteiger partial charge in [0.25, 0.3) is 0 Å². The molecule has 2 aromatic heterocycles. The van der Waals surface area contributed by atoms with Crippen LogP contribution in [-0.4, -0.2) is 71.3 Å². The molecule has 30 heavy (non-hydrogen) atoms. The van der Waals surface area contributed by atoms with Gasteiger partial charge < -0.3 is 9.32 Å². The van der Waals surface area contributed by atoms with Crippen LogP contribution < -0.4 is 0 Å². The molecular weight excluding hydrogens is 424 g/mol. The Morgan fingerprint density at radius 1 is 1.27 bits per heavy atom. The highest BCUT2D eigenvalue weighted by Gasteiger charge is 2.63. The van der Waals surface area contributed by atoms with Crippen molar-refractivity contribution in [2.45, 2.75) is 31.3 Å². The van der Waals surface area contributed by atoms with E-state index in [1.54, 1.807) is 6.26 Å². The van der Waals surface area contributed by atoms with Gasteiger partial charge in [0.1, 0.15) is 6.26 Å². The number of nitrogens with zero attached hydrogens (tertiary/aromatic N) is 4. The molecule has 3 saturated heterocycles. The number of hydrogen-bond acceptors (Lipinski definition) is 7. The van der Waals surface area contributed by atoms with Crippen molar-refractivity contribution in [3.8, 4) is 10.8 Å². The molecule has 0 saturated carbocycles. The quantitative estimate of drug-likeness (QED) is 0.632. The van der Waals surface area contributed by atoms with Crippen molar-refractivity contribution in [3.05, 3.63) is 28.4 Å². The van der Waals surface area contributed by atoms with Crippen LogP contribution in [0, 0.1) is 11.8 Å². The van der Waals surface area contributed by atoms with Crippen molar-refractivity contribution >= 4 is 34.8 Å². The van der Waals surface area contributed by atoms with Crippen LogP contribution in [-0.2, 0) is 9.59 Å². The molecule has 3 fully saturated rings. The molecule has 0 N–H and O–H groups in total. The molecule has 160 valence electrons. The minimum Gasteiger partial charge on any atom is -0.443 e. The number of halogens is 1. The third-order valence-corrected chi connectivity index (χ3v) is 7.76. The number of oxazole rings is 1. The van der Waals surface area contributed by atoms with Gasteiger partial charge in [-0.1, -0.05) is 11.6 Å². The molecule has 9 heteroatoms. The zero-order chi connectivity index (χ0) is 21.0. The summed E-state index contributed by atoms with van der Waals surface area (Å²) >= 11 is 7.46. The van der Waals surface area contributed by atoms with Crippen molar-refractivity contribution in [1.29, 1.82) is 0 Å². The second-order valence-electron chi connectivity index (χ2n) is 8.61. The minimum absolute atomic E-state index is 0.00286. The Bertz CT molecular complexity index is 973. The maximum Gasteiger partial charge on any atom is 0.236 e. The predicted octanol–water partition coefficient (Wildman–Crippen LogP) is 3.13. The van der Waals surface area contributed by atoms with E-state index in [1.165, 1.54) is 16.2 Å². The fraction of sp³-hybridized carbons (Fsp3) is 0.571. The fourth-order valence-electron chi connectivity index (χ4n) is 5.35. The Hall–Kier alpha value is -1.74. The van der Waals surface area contributed by atoms with E-state index in [0.29, 0.717) is 16.8 Å². The Labute approximate surface area is 184 Å². The van der Waals surface area contributed by atoms with E-state index in [0.717, 1.165) is 42.9 Å². The van der Waals surface area contributed by atoms with Crippen molar-refractivity contribution in [1.82, 2.24) is 19.7 Å². The average molecular weight is 449 g/mol. The van der Waals surface area contributed by atoms with Crippen molar-refractivity contribution in [2.24, 2.45) is 11.8 Å². The molecule has 2 aromatic rings. The lowest BCUT2D eigenvalue weighted by Gasteiger charge is -2.27. The standard InChI is InChI=1S/C21H25ClN4O3S/c1-24(2)8-4-10-26-20(27)16-13-5-3-9-25(13)18(17(16)21(26)28)12-11-29-19(23-12)14-6-7-15(22)30-14/h6-7,11,13,16-18H,3-5,8-10H2,1-2H3/t13-,16-,17-,18-/m1/s1. The van der Waals surface area contributed by atoms with Crippen LogP contribution in [0.5, 0.6) is 0 Å². The Balaban J connectivity index is 1.43. The van der Waals surface area contributed by atoms with E-state index in [1.807, 2.05) is 26.2 Å². The number of thiophene rings is 1. The van der Waals surface area contributed by atoms with Gasteiger partial charge in [-0.2, -0.15) is 0 Å². The van der Waals surface area contributed by atoms with Crippen LogP contribution in [0.25, 0.3) is 10.8 Å². The van der Waals surface area contributed by atoms with Crippen LogP contribution in [0.1, 0.15) is 31.0 Å². The van der Waals surface area contributed by atoms with Gasteiger partial charge in [-0.05, 0) is 58.6 Å². The summed E-state index contributed by atoms with van der Waals surface area (Å²) in [6.45, 7) is 2.22. The maximum atomic E-state index is 13.4. The molecule has 4 atom stereocenters. The fourth-order valence-corrected chi connectivity index (χ4v) is 6.32. The monoisotopic (exact) mass is 448 g/mol. The summed E-state index contributed by atoms with van der Waals surface area (Å²) in [6.07, 6.45) is 4.43. The van der Waals surface area contributed by atoms with Gasteiger partial charge in [0, 0.05) is 12.6 Å². The zero-order valence-electron chi connectivity index (χ0n) is 17.1. The summed E-state index contributed by atoms with van der Waals surface area (Å²) in [5.41, 5.74) is 0.741. The van der Waals surface area contributed by atoms with Crippen LogP contribution in [0.15, 0.2) is 22.8 Å². The second kappa shape index (κ2) is 7.75. The molecule has 5 heterocycles. The lowest BCUT2D eigenvalue weighted by molar-refractivity contribution is -0.141. The third kappa shape index (κ3) is 3.21. The SMILES string of the molecule is CN(C)CCCN1C(=O)[C@@H]2[C@H](C1=O)[C@H]1CCCN1[C@@H]2c1coc(-c2ccc(Cl)s2)n1. The van der Waals surface area contributed by atoms with Crippen LogP contribution in [0.4, 0.5) is 0 Å². The zero-order valence-corrected chi connectivity index (χ0v) is 18.7. The minimum atomic E-state index is -0.368. The second-order valence-corrected chi connectivity index (χ2v) is 10.3. The molecule has 0 bridgehead atoms. The van der Waals surface area contributed by atoms with Crippen molar-refractivity contribution < 1.29 is 14.0 Å². The molecule has 5 rings (SSSR count). The van der Waals surface area contributed by atoms with Gasteiger partial charge in [-0.15, -0.1) is 11.3 Å². The number of likely N-dealkylation sites (tertiary alicyclic amines) is 1. The van der Waals surface area contributed by atoms with Crippen molar-refractivity contribution in [2.75, 3.05) is 33.7 Å². The number of imide groups is 1. The van der Waals surface area contributed by atoms with E-state index in [-0.39, 0.29) is 35.7 Å². The summed E-state index contributed by atoms with van der Waals surface area (Å²) in [5, 5.41) is 0. The third-order valence-electron chi connectivity index (χ3n) is 6.54. The predicted molar refractivity (Wildman–Crippen MR) is 114 cm³/mol. The lowest BCUT2D eigenvalue weighted by Crippen LogP contribution is -2.40. The van der Waals surface area contributed by atoms with Gasteiger partial charge in [-0.3, -0.25) is 19.4 Å². The van der Waals surface area contributed by atoms with E-state index in [9.17, 15) is 9.59 Å². The number of hydrogen-bond donors (Lipinski definition) is 0. The van der Waals surface area contributed by atoms with Crippen molar-refractivity contribution in [3.63, 3.8) is 0 Å². The van der Waals surface area contributed by atoms with Gasteiger partial charge >= 0.3 is 0 Å². The molecular formula is C21H25ClN4O3S. The summed E-state index contributed by atoms with van der Waals surface area (Å²) < 4.78 is 6.43. The first-order valence-electron chi connectivity index (χ1n) is 10.4. The summed E-state index contributed by atoms with van der Waals surface area (Å²) in [5.74, 6) is -0.169. The van der Waals surface area contributed by atoms with E-state index >= 15 is 0 Å². The number of amides is 2. The first kappa shape index (κ1) is 20.2. The normalized spacial score (nSPS) is 28.7. The molecule has 2 amide bonds. The van der Waals surface area contributed by atoms with E-state index in [4.69, 9.17) is 21.0 Å². The Morgan fingerprint density at radius 2 is 2.07 bits per heavy atom. The van der Waals surface area contributed by atoms with Gasteiger partial charge in [0.05, 0.1) is 32.8 Å².